The Hall–Kier alpha value is -0.510. The lowest BCUT2D eigenvalue weighted by Gasteiger charge is -2.00. The first kappa shape index (κ1) is 13.1. The topological polar surface area (TPSA) is 101 Å². The summed E-state index contributed by atoms with van der Waals surface area (Å²) < 4.78 is 8.46. The zero-order chi connectivity index (χ0) is 9.28. The fraction of sp³-hybridized carbons (Fsp3) is 0.800. The number of nitrogens with two attached hydrogens (primary N) is 1. The van der Waals surface area contributed by atoms with Crippen LogP contribution in [0.4, 0.5) is 0 Å². The van der Waals surface area contributed by atoms with Crippen LogP contribution in [0.25, 0.3) is 0 Å². The number of carboxylic acids is 1. The van der Waals surface area contributed by atoms with E-state index >= 15 is 0 Å². The molecule has 0 rings (SSSR count). The summed E-state index contributed by atoms with van der Waals surface area (Å²) in [7, 11) is -0.833. The molecular formula is C5H12NO4P. The second-order valence-corrected chi connectivity index (χ2v) is 1.98. The molecule has 11 heavy (non-hydrogen) atoms. The van der Waals surface area contributed by atoms with Gasteiger partial charge in [0.15, 0.2) is 0 Å². The average molecular weight is 181 g/mol. The summed E-state index contributed by atoms with van der Waals surface area (Å²) >= 11 is 0. The van der Waals surface area contributed by atoms with Crippen molar-refractivity contribution in [1.82, 2.24) is 0 Å². The van der Waals surface area contributed by atoms with Crippen LogP contribution in [0, 0.1) is 0 Å². The molecule has 0 bridgehead atoms. The summed E-state index contributed by atoms with van der Waals surface area (Å²) in [5.74, 6) is -0.910. The summed E-state index contributed by atoms with van der Waals surface area (Å²) in [5, 5.41) is 8.19. The standard InChI is InChI=1S/C5H11NO2.HO2P/c1-2-3-4(6)5(7)8;1-3-2/h4H,2-3,6H2,1H3,(H,7,8);(H,1,2). The van der Waals surface area contributed by atoms with Gasteiger partial charge in [-0.2, -0.15) is 0 Å². The number of aliphatic carboxylic acids is 1. The smallest absolute Gasteiger partial charge is 0.324 e. The minimum Gasteiger partial charge on any atom is -0.480 e. The molecule has 0 aliphatic heterocycles. The van der Waals surface area contributed by atoms with Crippen molar-refractivity contribution in [3.63, 3.8) is 0 Å². The second kappa shape index (κ2) is 9.49. The number of carboxylic acid groups (broad SMARTS) is 1. The van der Waals surface area contributed by atoms with Crippen molar-refractivity contribution in [3.8, 4) is 0 Å². The lowest BCUT2D eigenvalue weighted by atomic mass is 10.2. The highest BCUT2D eigenvalue weighted by molar-refractivity contribution is 7.16. The maximum atomic E-state index is 9.96. The van der Waals surface area contributed by atoms with Crippen LogP contribution in [0.2, 0.25) is 0 Å². The molecule has 0 aliphatic rings. The summed E-state index contributed by atoms with van der Waals surface area (Å²) in [6.07, 6.45) is 1.39. The Kier molecular flexibility index (Phi) is 11.3. The Balaban J connectivity index is 0. The number of carbonyl (C=O) groups is 1. The van der Waals surface area contributed by atoms with Crippen molar-refractivity contribution in [2.45, 2.75) is 25.8 Å². The van der Waals surface area contributed by atoms with Crippen molar-refractivity contribution < 1.29 is 19.4 Å². The largest absolute Gasteiger partial charge is 0.480 e. The maximum Gasteiger partial charge on any atom is 0.324 e. The second-order valence-electron chi connectivity index (χ2n) is 1.82. The van der Waals surface area contributed by atoms with E-state index < -0.39 is 20.7 Å². The van der Waals surface area contributed by atoms with Crippen LogP contribution in [0.3, 0.4) is 0 Å². The highest BCUT2D eigenvalue weighted by Crippen LogP contribution is 1.91. The van der Waals surface area contributed by atoms with Crippen molar-refractivity contribution in [3.05, 3.63) is 0 Å². The Morgan fingerprint density at radius 3 is 2.18 bits per heavy atom. The van der Waals surface area contributed by atoms with Crippen LogP contribution in [0.1, 0.15) is 19.8 Å². The van der Waals surface area contributed by atoms with Crippen molar-refractivity contribution in [2.75, 3.05) is 0 Å². The van der Waals surface area contributed by atoms with Gasteiger partial charge in [0.2, 0.25) is 0 Å². The minimum absolute atomic E-state index is 0.565. The highest BCUT2D eigenvalue weighted by atomic mass is 31.1. The third kappa shape index (κ3) is 12.6. The third-order valence-electron chi connectivity index (χ3n) is 0.917. The Morgan fingerprint density at radius 1 is 1.73 bits per heavy atom. The summed E-state index contributed by atoms with van der Waals surface area (Å²) in [6, 6.07) is -0.667. The van der Waals surface area contributed by atoms with Gasteiger partial charge in [0.1, 0.15) is 6.04 Å². The Bertz CT molecular complexity index is 119. The van der Waals surface area contributed by atoms with Crippen LogP contribution >= 0.6 is 8.69 Å². The fourth-order valence-corrected chi connectivity index (χ4v) is 0.434. The first-order chi connectivity index (χ1) is 5.09. The van der Waals surface area contributed by atoms with Gasteiger partial charge in [-0.1, -0.05) is 13.3 Å². The van der Waals surface area contributed by atoms with Gasteiger partial charge in [-0.15, -0.1) is 0 Å². The summed E-state index contributed by atoms with van der Waals surface area (Å²) in [5.41, 5.74) is 5.13. The van der Waals surface area contributed by atoms with E-state index in [0.29, 0.717) is 6.42 Å². The number of hydrogen-bond acceptors (Lipinski definition) is 3. The molecule has 0 aromatic heterocycles. The van der Waals surface area contributed by atoms with Gasteiger partial charge in [0.05, 0.1) is 0 Å². The molecule has 0 spiro atoms. The lowest BCUT2D eigenvalue weighted by molar-refractivity contribution is -0.138. The monoisotopic (exact) mass is 181 g/mol. The van der Waals surface area contributed by atoms with E-state index in [1.165, 1.54) is 0 Å². The van der Waals surface area contributed by atoms with Crippen molar-refractivity contribution >= 4 is 14.7 Å². The molecule has 6 heteroatoms. The lowest BCUT2D eigenvalue weighted by Crippen LogP contribution is -2.29. The Labute approximate surface area is 66.5 Å². The third-order valence-corrected chi connectivity index (χ3v) is 0.917. The zero-order valence-corrected chi connectivity index (χ0v) is 7.12. The molecule has 0 saturated carbocycles. The van der Waals surface area contributed by atoms with E-state index in [-0.39, 0.29) is 0 Å². The molecule has 5 nitrogen and oxygen atoms in total. The molecule has 0 saturated heterocycles. The fourth-order valence-electron chi connectivity index (χ4n) is 0.434. The van der Waals surface area contributed by atoms with Crippen LogP contribution in [0.5, 0.6) is 0 Å². The molecule has 1 atom stereocenters. The normalized spacial score (nSPS) is 11.5. The van der Waals surface area contributed by atoms with E-state index in [2.05, 4.69) is 0 Å². The number of hydrogen-bond donors (Lipinski definition) is 3. The molecule has 0 fully saturated rings. The van der Waals surface area contributed by atoms with E-state index in [4.69, 9.17) is 20.3 Å². The van der Waals surface area contributed by atoms with Gasteiger partial charge in [-0.3, -0.25) is 4.79 Å². The molecule has 1 unspecified atom stereocenters. The first-order valence-electron chi connectivity index (χ1n) is 3.05. The SMILES string of the molecule is CCCC(N)C(=O)O.O=PO. The highest BCUT2D eigenvalue weighted by Gasteiger charge is 2.07. The molecule has 4 N–H and O–H groups in total. The van der Waals surface area contributed by atoms with Crippen molar-refractivity contribution in [2.24, 2.45) is 5.73 Å². The summed E-state index contributed by atoms with van der Waals surface area (Å²) in [4.78, 5) is 17.0. The minimum atomic E-state index is -0.910. The van der Waals surface area contributed by atoms with Crippen molar-refractivity contribution in [1.29, 1.82) is 0 Å². The molecule has 0 aromatic carbocycles. The summed E-state index contributed by atoms with van der Waals surface area (Å²) in [6.45, 7) is 1.91. The maximum absolute atomic E-state index is 9.96. The van der Waals surface area contributed by atoms with Gasteiger partial charge in [0.25, 0.3) is 0 Å². The van der Waals surface area contributed by atoms with E-state index in [1.807, 2.05) is 6.92 Å². The molecule has 0 aliphatic carbocycles. The van der Waals surface area contributed by atoms with Crippen LogP contribution < -0.4 is 5.73 Å². The Morgan fingerprint density at radius 2 is 2.09 bits per heavy atom. The predicted molar refractivity (Wildman–Crippen MR) is 40.3 cm³/mol. The predicted octanol–water partition coefficient (Wildman–Crippen LogP) is 0.384. The van der Waals surface area contributed by atoms with E-state index in [0.717, 1.165) is 6.42 Å². The molecule has 0 aromatic rings. The molecule has 0 heterocycles. The quantitative estimate of drug-likeness (QED) is 0.546. The first-order valence-corrected chi connectivity index (χ1v) is 3.81. The van der Waals surface area contributed by atoms with Crippen LogP contribution in [-0.4, -0.2) is 22.0 Å². The van der Waals surface area contributed by atoms with Gasteiger partial charge < -0.3 is 15.7 Å². The van der Waals surface area contributed by atoms with Gasteiger partial charge >= 0.3 is 14.7 Å². The average Bonchev–Trinajstić information content (AvgIpc) is 1.90. The van der Waals surface area contributed by atoms with Gasteiger partial charge in [0, 0.05) is 0 Å². The number of rotatable bonds is 3. The van der Waals surface area contributed by atoms with E-state index in [1.54, 1.807) is 0 Å². The molecule has 66 valence electrons. The molecule has 0 radical (unpaired) electrons. The van der Waals surface area contributed by atoms with Crippen LogP contribution in [0.15, 0.2) is 0 Å². The van der Waals surface area contributed by atoms with Crippen LogP contribution in [-0.2, 0) is 9.36 Å². The van der Waals surface area contributed by atoms with Gasteiger partial charge in [-0.05, 0) is 6.42 Å². The molecular weight excluding hydrogens is 169 g/mol. The van der Waals surface area contributed by atoms with Gasteiger partial charge in [-0.25, -0.2) is 4.57 Å². The van der Waals surface area contributed by atoms with E-state index in [9.17, 15) is 4.79 Å². The zero-order valence-electron chi connectivity index (χ0n) is 6.23. The molecule has 0 amide bonds.